The summed E-state index contributed by atoms with van der Waals surface area (Å²) in [5, 5.41) is 8.90. The maximum absolute atomic E-state index is 11.2. The minimum absolute atomic E-state index is 0.0997. The molecule has 1 aromatic carbocycles. The quantitative estimate of drug-likeness (QED) is 0.556. The zero-order valence-electron chi connectivity index (χ0n) is 8.70. The van der Waals surface area contributed by atoms with Crippen LogP contribution < -0.4 is 0 Å². The molecule has 76 valence electrons. The zero-order valence-corrected chi connectivity index (χ0v) is 8.70. The Labute approximate surface area is 88.3 Å². The minimum atomic E-state index is -0.0997. The highest BCUT2D eigenvalue weighted by molar-refractivity contribution is 5.96. The maximum Gasteiger partial charge on any atom is 0.159 e. The molecule has 0 aliphatic rings. The van der Waals surface area contributed by atoms with Crippen molar-refractivity contribution in [2.24, 2.45) is 0 Å². The number of ketones is 1. The number of nitriles is 1. The van der Waals surface area contributed by atoms with Gasteiger partial charge in [0.25, 0.3) is 0 Å². The Hall–Kier alpha value is -1.95. The van der Waals surface area contributed by atoms with Gasteiger partial charge < -0.3 is 0 Å². The number of rotatable bonds is 3. The van der Waals surface area contributed by atoms with Crippen molar-refractivity contribution >= 4 is 12.1 Å². The van der Waals surface area contributed by atoms with Crippen LogP contribution in [0.2, 0.25) is 0 Å². The second-order valence-corrected chi connectivity index (χ2v) is 3.24. The largest absolute Gasteiger partial charge is 0.298 e. The molecule has 0 aliphatic heterocycles. The molecule has 0 aromatic heterocycles. The number of hydrogen-bond acceptors (Lipinski definition) is 3. The first kappa shape index (κ1) is 11.1. The Morgan fingerprint density at radius 3 is 2.60 bits per heavy atom. The second-order valence-electron chi connectivity index (χ2n) is 3.24. The van der Waals surface area contributed by atoms with Crippen molar-refractivity contribution in [2.75, 3.05) is 0 Å². The van der Waals surface area contributed by atoms with Gasteiger partial charge in [-0.1, -0.05) is 6.92 Å². The predicted molar refractivity (Wildman–Crippen MR) is 55.9 cm³/mol. The number of Topliss-reactive ketones (excluding diaryl/α,β-unsaturated/α-hetero) is 1. The maximum atomic E-state index is 11.2. The number of aldehydes is 1. The molecule has 3 heteroatoms. The van der Waals surface area contributed by atoms with Crippen LogP contribution in [-0.4, -0.2) is 12.1 Å². The predicted octanol–water partition coefficient (Wildman–Crippen LogP) is 2.14. The van der Waals surface area contributed by atoms with E-state index < -0.39 is 0 Å². The molecule has 0 amide bonds. The van der Waals surface area contributed by atoms with Gasteiger partial charge in [0, 0.05) is 11.1 Å². The van der Waals surface area contributed by atoms with Crippen molar-refractivity contribution in [1.29, 1.82) is 5.26 Å². The van der Waals surface area contributed by atoms with Crippen LogP contribution in [0.25, 0.3) is 0 Å². The number of hydrogen-bond donors (Lipinski definition) is 0. The van der Waals surface area contributed by atoms with Crippen molar-refractivity contribution in [3.8, 4) is 6.07 Å². The summed E-state index contributed by atoms with van der Waals surface area (Å²) in [7, 11) is 0. The van der Waals surface area contributed by atoms with Crippen LogP contribution in [0.15, 0.2) is 12.1 Å². The smallest absolute Gasteiger partial charge is 0.159 e. The summed E-state index contributed by atoms with van der Waals surface area (Å²) in [6.07, 6.45) is 1.25. The minimum Gasteiger partial charge on any atom is -0.298 e. The van der Waals surface area contributed by atoms with Crippen LogP contribution in [0.5, 0.6) is 0 Å². The molecule has 0 unspecified atom stereocenters. The fourth-order valence-electron chi connectivity index (χ4n) is 1.44. The topological polar surface area (TPSA) is 57.9 Å². The number of carbonyl (C=O) groups excluding carboxylic acids is 2. The molecule has 15 heavy (non-hydrogen) atoms. The van der Waals surface area contributed by atoms with Gasteiger partial charge in [-0.2, -0.15) is 5.26 Å². The molecular formula is C12H11NO2. The summed E-state index contributed by atoms with van der Waals surface area (Å²) in [6, 6.07) is 5.13. The van der Waals surface area contributed by atoms with E-state index in [1.165, 1.54) is 13.0 Å². The highest BCUT2D eigenvalue weighted by Crippen LogP contribution is 2.17. The Morgan fingerprint density at radius 2 is 2.20 bits per heavy atom. The van der Waals surface area contributed by atoms with Crippen LogP contribution in [0, 0.1) is 11.3 Å². The van der Waals surface area contributed by atoms with Gasteiger partial charge in [-0.05, 0) is 31.0 Å². The molecule has 0 bridgehead atoms. The van der Waals surface area contributed by atoms with Crippen LogP contribution >= 0.6 is 0 Å². The van der Waals surface area contributed by atoms with E-state index >= 15 is 0 Å². The number of carbonyl (C=O) groups is 2. The van der Waals surface area contributed by atoms with Gasteiger partial charge in [0.2, 0.25) is 0 Å². The molecule has 0 fully saturated rings. The molecule has 0 saturated carbocycles. The molecule has 0 aliphatic carbocycles. The number of aryl methyl sites for hydroxylation is 1. The van der Waals surface area contributed by atoms with Gasteiger partial charge in [0.1, 0.15) is 6.07 Å². The summed E-state index contributed by atoms with van der Waals surface area (Å²) < 4.78 is 0. The third-order valence-corrected chi connectivity index (χ3v) is 2.28. The summed E-state index contributed by atoms with van der Waals surface area (Å²) in [5.41, 5.74) is 1.89. The van der Waals surface area contributed by atoms with Crippen LogP contribution in [-0.2, 0) is 6.42 Å². The van der Waals surface area contributed by atoms with Crippen molar-refractivity contribution < 1.29 is 9.59 Å². The third kappa shape index (κ3) is 2.10. The molecule has 0 heterocycles. The molecule has 0 N–H and O–H groups in total. The highest BCUT2D eigenvalue weighted by Gasteiger charge is 2.10. The summed E-state index contributed by atoms with van der Waals surface area (Å²) >= 11 is 0. The standard InChI is InChI=1S/C12H11NO2/c1-3-9-4-10(8(2)15)5-11(7-14)12(9)6-13/h4-5,7H,3H2,1-2H3. The summed E-state index contributed by atoms with van der Waals surface area (Å²) in [6.45, 7) is 3.32. The molecule has 0 atom stereocenters. The summed E-state index contributed by atoms with van der Waals surface area (Å²) in [5.74, 6) is -0.0997. The third-order valence-electron chi connectivity index (χ3n) is 2.28. The summed E-state index contributed by atoms with van der Waals surface area (Å²) in [4.78, 5) is 21.9. The van der Waals surface area contributed by atoms with Crippen LogP contribution in [0.1, 0.15) is 45.7 Å². The second kappa shape index (κ2) is 4.52. The van der Waals surface area contributed by atoms with Gasteiger partial charge in [0.05, 0.1) is 5.56 Å². The lowest BCUT2D eigenvalue weighted by Crippen LogP contribution is -2.01. The zero-order chi connectivity index (χ0) is 11.4. The van der Waals surface area contributed by atoms with Crippen LogP contribution in [0.4, 0.5) is 0 Å². The number of nitrogens with zero attached hydrogens (tertiary/aromatic N) is 1. The lowest BCUT2D eigenvalue weighted by atomic mass is 9.96. The SMILES string of the molecule is CCc1cc(C(C)=O)cc(C=O)c1C#N. The highest BCUT2D eigenvalue weighted by atomic mass is 16.1. The Balaban J connectivity index is 3.51. The average Bonchev–Trinajstić information content (AvgIpc) is 2.26. The first-order valence-corrected chi connectivity index (χ1v) is 4.67. The average molecular weight is 201 g/mol. The van der Waals surface area contributed by atoms with Crippen molar-refractivity contribution in [3.05, 3.63) is 34.4 Å². The molecular weight excluding hydrogens is 190 g/mol. The molecule has 1 aromatic rings. The lowest BCUT2D eigenvalue weighted by molar-refractivity contribution is 0.101. The number of benzene rings is 1. The molecule has 0 radical (unpaired) electrons. The fourth-order valence-corrected chi connectivity index (χ4v) is 1.44. The van der Waals surface area contributed by atoms with Crippen molar-refractivity contribution in [2.45, 2.75) is 20.3 Å². The molecule has 1 rings (SSSR count). The van der Waals surface area contributed by atoms with Crippen molar-refractivity contribution in [1.82, 2.24) is 0 Å². The van der Waals surface area contributed by atoms with Crippen LogP contribution in [0.3, 0.4) is 0 Å². The van der Waals surface area contributed by atoms with E-state index in [1.807, 2.05) is 13.0 Å². The first-order chi connectivity index (χ1) is 7.13. The van der Waals surface area contributed by atoms with Gasteiger partial charge in [-0.3, -0.25) is 9.59 Å². The Kier molecular flexibility index (Phi) is 3.35. The first-order valence-electron chi connectivity index (χ1n) is 4.67. The van der Waals surface area contributed by atoms with Crippen molar-refractivity contribution in [3.63, 3.8) is 0 Å². The van der Waals surface area contributed by atoms with E-state index in [0.717, 1.165) is 5.56 Å². The van der Waals surface area contributed by atoms with E-state index in [1.54, 1.807) is 6.07 Å². The Bertz CT molecular complexity index is 455. The normalized spacial score (nSPS) is 9.40. The van der Waals surface area contributed by atoms with Gasteiger partial charge in [0.15, 0.2) is 12.1 Å². The van der Waals surface area contributed by atoms with E-state index in [4.69, 9.17) is 5.26 Å². The lowest BCUT2D eigenvalue weighted by Gasteiger charge is -2.05. The fraction of sp³-hybridized carbons (Fsp3) is 0.250. The Morgan fingerprint density at radius 1 is 1.53 bits per heavy atom. The van der Waals surface area contributed by atoms with E-state index in [0.29, 0.717) is 29.4 Å². The molecule has 0 saturated heterocycles. The van der Waals surface area contributed by atoms with Gasteiger partial charge >= 0.3 is 0 Å². The molecule has 0 spiro atoms. The van der Waals surface area contributed by atoms with E-state index in [-0.39, 0.29) is 5.78 Å². The van der Waals surface area contributed by atoms with E-state index in [9.17, 15) is 9.59 Å². The van der Waals surface area contributed by atoms with Gasteiger partial charge in [-0.15, -0.1) is 0 Å². The monoisotopic (exact) mass is 201 g/mol. The molecule has 3 nitrogen and oxygen atoms in total. The van der Waals surface area contributed by atoms with Gasteiger partial charge in [-0.25, -0.2) is 0 Å². The van der Waals surface area contributed by atoms with E-state index in [2.05, 4.69) is 0 Å².